The molecule has 1 heterocycles. The highest BCUT2D eigenvalue weighted by atomic mass is 15.3. The molecule has 12 heavy (non-hydrogen) atoms. The molecule has 0 aliphatic rings. The summed E-state index contributed by atoms with van der Waals surface area (Å²) in [5.41, 5.74) is 3.19. The van der Waals surface area contributed by atoms with E-state index in [1.165, 1.54) is 0 Å². The summed E-state index contributed by atoms with van der Waals surface area (Å²) in [5.74, 6) is 5.50. The Bertz CT molecular complexity index is 265. The summed E-state index contributed by atoms with van der Waals surface area (Å²) in [6.07, 6.45) is 1.64. The molecule has 0 aliphatic heterocycles. The maximum Gasteiger partial charge on any atom is 0.257 e. The van der Waals surface area contributed by atoms with Gasteiger partial charge in [0, 0.05) is 5.41 Å². The van der Waals surface area contributed by atoms with Crippen molar-refractivity contribution < 1.29 is 0 Å². The molecule has 0 spiro atoms. The number of aromatic nitrogens is 3. The van der Waals surface area contributed by atoms with Crippen LogP contribution in [-0.4, -0.2) is 15.2 Å². The molecule has 0 aromatic carbocycles. The average Bonchev–Trinajstić information content (AvgIpc) is 2.03. The highest BCUT2D eigenvalue weighted by molar-refractivity contribution is 5.22. The van der Waals surface area contributed by atoms with Crippen molar-refractivity contribution in [2.45, 2.75) is 26.2 Å². The fraction of sp³-hybridized carbons (Fsp3) is 0.571. The van der Waals surface area contributed by atoms with Crippen molar-refractivity contribution in [1.29, 1.82) is 0 Å². The molecule has 0 saturated carbocycles. The van der Waals surface area contributed by atoms with Crippen molar-refractivity contribution >= 4 is 5.95 Å². The van der Waals surface area contributed by atoms with Crippen molar-refractivity contribution in [3.05, 3.63) is 11.9 Å². The Hall–Kier alpha value is -1.23. The summed E-state index contributed by atoms with van der Waals surface area (Å²) in [7, 11) is 0. The highest BCUT2D eigenvalue weighted by Crippen LogP contribution is 2.18. The summed E-state index contributed by atoms with van der Waals surface area (Å²) in [5, 5.41) is 7.44. The first kappa shape index (κ1) is 8.86. The third-order valence-electron chi connectivity index (χ3n) is 1.46. The zero-order valence-corrected chi connectivity index (χ0v) is 7.50. The molecule has 0 amide bonds. The fourth-order valence-corrected chi connectivity index (χ4v) is 0.726. The Morgan fingerprint density at radius 1 is 1.42 bits per heavy atom. The van der Waals surface area contributed by atoms with Crippen LogP contribution in [-0.2, 0) is 5.41 Å². The molecule has 0 fully saturated rings. The van der Waals surface area contributed by atoms with E-state index in [2.05, 4.69) is 41.4 Å². The molecule has 0 atom stereocenters. The van der Waals surface area contributed by atoms with Gasteiger partial charge in [-0.2, -0.15) is 5.10 Å². The third kappa shape index (κ3) is 1.88. The van der Waals surface area contributed by atoms with Crippen LogP contribution in [0, 0.1) is 0 Å². The number of hydrogen-bond donors (Lipinski definition) is 2. The number of hydrazine groups is 1. The molecule has 0 bridgehead atoms. The van der Waals surface area contributed by atoms with Crippen LogP contribution in [0.2, 0.25) is 0 Å². The molecule has 3 N–H and O–H groups in total. The maximum absolute atomic E-state index is 5.15. The second-order valence-corrected chi connectivity index (χ2v) is 3.56. The quantitative estimate of drug-likeness (QED) is 0.469. The van der Waals surface area contributed by atoms with E-state index >= 15 is 0 Å². The molecule has 5 nitrogen and oxygen atoms in total. The third-order valence-corrected chi connectivity index (χ3v) is 1.46. The van der Waals surface area contributed by atoms with Gasteiger partial charge in [0.25, 0.3) is 5.95 Å². The van der Waals surface area contributed by atoms with Crippen LogP contribution in [0.3, 0.4) is 0 Å². The Balaban J connectivity index is 3.02. The minimum absolute atomic E-state index is 0.0262. The topological polar surface area (TPSA) is 76.7 Å². The fourth-order valence-electron chi connectivity index (χ4n) is 0.726. The second-order valence-electron chi connectivity index (χ2n) is 3.56. The maximum atomic E-state index is 5.15. The van der Waals surface area contributed by atoms with Gasteiger partial charge in [0.15, 0.2) is 0 Å². The summed E-state index contributed by atoms with van der Waals surface area (Å²) in [4.78, 5) is 4.15. The molecule has 0 aliphatic carbocycles. The summed E-state index contributed by atoms with van der Waals surface area (Å²) in [6.45, 7) is 6.16. The lowest BCUT2D eigenvalue weighted by Crippen LogP contribution is -2.18. The average molecular weight is 167 g/mol. The zero-order chi connectivity index (χ0) is 9.19. The van der Waals surface area contributed by atoms with E-state index in [1.54, 1.807) is 6.20 Å². The summed E-state index contributed by atoms with van der Waals surface area (Å²) in [6, 6.07) is 0. The number of nitrogens with one attached hydrogen (secondary N) is 1. The molecule has 1 rings (SSSR count). The predicted molar refractivity (Wildman–Crippen MR) is 46.3 cm³/mol. The molecule has 1 aromatic rings. The van der Waals surface area contributed by atoms with Gasteiger partial charge < -0.3 is 0 Å². The van der Waals surface area contributed by atoms with Crippen molar-refractivity contribution in [3.8, 4) is 0 Å². The van der Waals surface area contributed by atoms with Gasteiger partial charge in [-0.3, -0.25) is 5.43 Å². The largest absolute Gasteiger partial charge is 0.291 e. The van der Waals surface area contributed by atoms with E-state index in [0.29, 0.717) is 5.95 Å². The first-order valence-corrected chi connectivity index (χ1v) is 3.71. The number of hydrogen-bond acceptors (Lipinski definition) is 5. The normalized spacial score (nSPS) is 11.3. The van der Waals surface area contributed by atoms with E-state index in [-0.39, 0.29) is 5.41 Å². The lowest BCUT2D eigenvalue weighted by Gasteiger charge is -2.16. The van der Waals surface area contributed by atoms with Gasteiger partial charge in [0.2, 0.25) is 0 Å². The number of rotatable bonds is 1. The van der Waals surface area contributed by atoms with Gasteiger partial charge >= 0.3 is 0 Å². The number of anilines is 1. The van der Waals surface area contributed by atoms with Crippen molar-refractivity contribution in [3.63, 3.8) is 0 Å². The van der Waals surface area contributed by atoms with Crippen LogP contribution >= 0.6 is 0 Å². The predicted octanol–water partition coefficient (Wildman–Crippen LogP) is 0.455. The van der Waals surface area contributed by atoms with E-state index < -0.39 is 0 Å². The van der Waals surface area contributed by atoms with E-state index in [0.717, 1.165) is 5.69 Å². The lowest BCUT2D eigenvalue weighted by molar-refractivity contribution is 0.561. The Kier molecular flexibility index (Phi) is 2.23. The van der Waals surface area contributed by atoms with Gasteiger partial charge in [0.1, 0.15) is 0 Å². The van der Waals surface area contributed by atoms with E-state index in [1.807, 2.05) is 0 Å². The van der Waals surface area contributed by atoms with Crippen LogP contribution in [0.1, 0.15) is 26.5 Å². The lowest BCUT2D eigenvalue weighted by atomic mass is 9.93. The van der Waals surface area contributed by atoms with Gasteiger partial charge in [-0.1, -0.05) is 20.8 Å². The monoisotopic (exact) mass is 167 g/mol. The smallest absolute Gasteiger partial charge is 0.257 e. The van der Waals surface area contributed by atoms with Crippen LogP contribution in [0.25, 0.3) is 0 Å². The van der Waals surface area contributed by atoms with E-state index in [9.17, 15) is 0 Å². The Labute approximate surface area is 71.4 Å². The molecular weight excluding hydrogens is 154 g/mol. The van der Waals surface area contributed by atoms with Crippen molar-refractivity contribution in [1.82, 2.24) is 15.2 Å². The SMILES string of the molecule is CC(C)(C)c1cnnc(NN)n1. The minimum Gasteiger partial charge on any atom is -0.291 e. The summed E-state index contributed by atoms with van der Waals surface area (Å²) >= 11 is 0. The molecular formula is C7H13N5. The van der Waals surface area contributed by atoms with Crippen LogP contribution < -0.4 is 11.3 Å². The van der Waals surface area contributed by atoms with Gasteiger partial charge in [-0.05, 0) is 0 Å². The molecule has 0 unspecified atom stereocenters. The van der Waals surface area contributed by atoms with Crippen LogP contribution in [0.15, 0.2) is 6.20 Å². The van der Waals surface area contributed by atoms with E-state index in [4.69, 9.17) is 5.84 Å². The Morgan fingerprint density at radius 3 is 2.58 bits per heavy atom. The Morgan fingerprint density at radius 2 is 2.08 bits per heavy atom. The second kappa shape index (κ2) is 3.02. The highest BCUT2D eigenvalue weighted by Gasteiger charge is 2.16. The zero-order valence-electron chi connectivity index (χ0n) is 7.50. The van der Waals surface area contributed by atoms with Gasteiger partial charge in [0.05, 0.1) is 11.9 Å². The van der Waals surface area contributed by atoms with Gasteiger partial charge in [-0.15, -0.1) is 5.10 Å². The van der Waals surface area contributed by atoms with Crippen molar-refractivity contribution in [2.24, 2.45) is 5.84 Å². The van der Waals surface area contributed by atoms with Crippen molar-refractivity contribution in [2.75, 3.05) is 5.43 Å². The standard InChI is InChI=1S/C7H13N5/c1-7(2,3)5-4-9-12-6(10-5)11-8/h4H,8H2,1-3H3,(H,10,11,12). The summed E-state index contributed by atoms with van der Waals surface area (Å²) < 4.78 is 0. The first-order chi connectivity index (χ1) is 5.54. The number of nitrogen functional groups attached to an aromatic ring is 1. The number of nitrogens with two attached hydrogens (primary N) is 1. The number of nitrogens with zero attached hydrogens (tertiary/aromatic N) is 3. The van der Waals surface area contributed by atoms with Gasteiger partial charge in [-0.25, -0.2) is 10.8 Å². The van der Waals surface area contributed by atoms with Crippen LogP contribution in [0.4, 0.5) is 5.95 Å². The molecule has 66 valence electrons. The first-order valence-electron chi connectivity index (χ1n) is 3.71. The molecule has 1 aromatic heterocycles. The molecule has 0 radical (unpaired) electrons. The minimum atomic E-state index is -0.0262. The van der Waals surface area contributed by atoms with Crippen LogP contribution in [0.5, 0.6) is 0 Å². The molecule has 5 heteroatoms. The molecule has 0 saturated heterocycles.